The maximum atomic E-state index is 12.7. The minimum absolute atomic E-state index is 0.152. The topological polar surface area (TPSA) is 62.2 Å². The number of hydrogen-bond donors (Lipinski definition) is 2. The van der Waals surface area contributed by atoms with Crippen LogP contribution in [0.15, 0.2) is 24.3 Å². The summed E-state index contributed by atoms with van der Waals surface area (Å²) in [7, 11) is 0. The van der Waals surface area contributed by atoms with E-state index in [0.29, 0.717) is 16.4 Å². The van der Waals surface area contributed by atoms with Gasteiger partial charge in [-0.3, -0.25) is 0 Å². The molecule has 0 aliphatic carbocycles. The van der Waals surface area contributed by atoms with Gasteiger partial charge in [-0.25, -0.2) is 9.18 Å². The number of halogens is 1. The molecule has 0 bridgehead atoms. The molecule has 0 spiro atoms. The quantitative estimate of drug-likeness (QED) is 0.881. The molecule has 0 fully saturated rings. The van der Waals surface area contributed by atoms with Crippen molar-refractivity contribution in [3.63, 3.8) is 0 Å². The molecule has 1 aromatic heterocycles. The van der Waals surface area contributed by atoms with E-state index in [1.54, 1.807) is 6.92 Å². The van der Waals surface area contributed by atoms with E-state index in [1.165, 1.54) is 24.3 Å². The zero-order valence-electron chi connectivity index (χ0n) is 8.90. The van der Waals surface area contributed by atoms with E-state index in [9.17, 15) is 9.18 Å². The predicted molar refractivity (Wildman–Crippen MR) is 63.5 cm³/mol. The van der Waals surface area contributed by atoms with Crippen molar-refractivity contribution in [2.24, 2.45) is 0 Å². The Morgan fingerprint density at radius 3 is 2.65 bits per heavy atom. The monoisotopic (exact) mass is 252 g/mol. The number of nitrogens with zero attached hydrogens (tertiary/aromatic N) is 1. The number of benzene rings is 1. The summed E-state index contributed by atoms with van der Waals surface area (Å²) in [5, 5.41) is 12.4. The van der Waals surface area contributed by atoms with Crippen LogP contribution in [-0.2, 0) is 0 Å². The zero-order chi connectivity index (χ0) is 12.4. The van der Waals surface area contributed by atoms with Gasteiger partial charge in [0, 0.05) is 5.69 Å². The third-order valence-electron chi connectivity index (χ3n) is 2.18. The first kappa shape index (κ1) is 11.5. The van der Waals surface area contributed by atoms with E-state index >= 15 is 0 Å². The molecule has 2 aromatic rings. The molecule has 0 unspecified atom stereocenters. The molecule has 4 nitrogen and oxygen atoms in total. The highest BCUT2D eigenvalue weighted by atomic mass is 32.1. The van der Waals surface area contributed by atoms with Crippen molar-refractivity contribution in [2.75, 3.05) is 5.32 Å². The number of rotatable bonds is 3. The van der Waals surface area contributed by atoms with Crippen LogP contribution in [0.5, 0.6) is 0 Å². The molecule has 0 saturated carbocycles. The van der Waals surface area contributed by atoms with Gasteiger partial charge >= 0.3 is 5.97 Å². The third kappa shape index (κ3) is 2.42. The van der Waals surface area contributed by atoms with Gasteiger partial charge in [0.15, 0.2) is 0 Å². The molecule has 2 N–H and O–H groups in total. The van der Waals surface area contributed by atoms with Crippen molar-refractivity contribution in [1.29, 1.82) is 0 Å². The first-order valence-corrected chi connectivity index (χ1v) is 5.57. The number of carbonyl (C=O) groups is 1. The van der Waals surface area contributed by atoms with Gasteiger partial charge in [-0.05, 0) is 42.7 Å². The van der Waals surface area contributed by atoms with E-state index in [4.69, 9.17) is 5.11 Å². The molecule has 17 heavy (non-hydrogen) atoms. The van der Waals surface area contributed by atoms with Crippen LogP contribution in [0.1, 0.15) is 16.1 Å². The smallest absolute Gasteiger partial charge is 0.340 e. The molecule has 6 heteroatoms. The highest BCUT2D eigenvalue weighted by Crippen LogP contribution is 2.27. The number of anilines is 2. The Morgan fingerprint density at radius 2 is 2.06 bits per heavy atom. The lowest BCUT2D eigenvalue weighted by molar-refractivity contribution is 0.0697. The summed E-state index contributed by atoms with van der Waals surface area (Å²) < 4.78 is 16.7. The summed E-state index contributed by atoms with van der Waals surface area (Å²) in [5.41, 5.74) is 1.24. The fourth-order valence-corrected chi connectivity index (χ4v) is 2.18. The molecule has 1 aromatic carbocycles. The molecular weight excluding hydrogens is 243 g/mol. The average molecular weight is 252 g/mol. The number of aryl methyl sites for hydroxylation is 1. The molecule has 0 aliphatic heterocycles. The standard InChI is InChI=1S/C11H9FN2O2S/c1-6-9(11(15)16)10(17-14-6)13-8-4-2-7(12)3-5-8/h2-5,13H,1H3,(H,15,16). The molecule has 88 valence electrons. The first-order chi connectivity index (χ1) is 8.08. The molecule has 0 radical (unpaired) electrons. The summed E-state index contributed by atoms with van der Waals surface area (Å²) in [6.07, 6.45) is 0. The van der Waals surface area contributed by atoms with E-state index in [-0.39, 0.29) is 11.4 Å². The maximum Gasteiger partial charge on any atom is 0.340 e. The molecule has 0 amide bonds. The van der Waals surface area contributed by atoms with Gasteiger partial charge in [0.1, 0.15) is 16.4 Å². The van der Waals surface area contributed by atoms with Gasteiger partial charge in [-0.2, -0.15) is 4.37 Å². The lowest BCUT2D eigenvalue weighted by Crippen LogP contribution is -2.01. The van der Waals surface area contributed by atoms with Gasteiger partial charge in [0.05, 0.1) is 5.69 Å². The van der Waals surface area contributed by atoms with Gasteiger partial charge in [0.2, 0.25) is 0 Å². The number of carboxylic acid groups (broad SMARTS) is 1. The van der Waals surface area contributed by atoms with Crippen LogP contribution in [0.2, 0.25) is 0 Å². The molecule has 0 aliphatic rings. The van der Waals surface area contributed by atoms with E-state index in [2.05, 4.69) is 9.69 Å². The predicted octanol–water partition coefficient (Wildman–Crippen LogP) is 3.03. The van der Waals surface area contributed by atoms with Crippen LogP contribution in [0.4, 0.5) is 15.1 Å². The Kier molecular flexibility index (Phi) is 3.06. The molecular formula is C11H9FN2O2S. The van der Waals surface area contributed by atoms with Crippen molar-refractivity contribution in [1.82, 2.24) is 4.37 Å². The number of carboxylic acids is 1. The Balaban J connectivity index is 2.30. The van der Waals surface area contributed by atoms with Crippen LogP contribution in [0.25, 0.3) is 0 Å². The van der Waals surface area contributed by atoms with Crippen LogP contribution in [0, 0.1) is 12.7 Å². The fourth-order valence-electron chi connectivity index (χ4n) is 1.37. The van der Waals surface area contributed by atoms with Crippen molar-refractivity contribution in [2.45, 2.75) is 6.92 Å². The fraction of sp³-hybridized carbons (Fsp3) is 0.0909. The lowest BCUT2D eigenvalue weighted by atomic mass is 10.2. The summed E-state index contributed by atoms with van der Waals surface area (Å²) in [6, 6.07) is 5.68. The Bertz CT molecular complexity index is 551. The van der Waals surface area contributed by atoms with E-state index in [1.807, 2.05) is 0 Å². The maximum absolute atomic E-state index is 12.7. The average Bonchev–Trinajstić information content (AvgIpc) is 2.63. The second kappa shape index (κ2) is 4.50. The normalized spacial score (nSPS) is 10.2. The van der Waals surface area contributed by atoms with Gasteiger partial charge in [-0.1, -0.05) is 0 Å². The molecule has 1 heterocycles. The van der Waals surface area contributed by atoms with Crippen molar-refractivity contribution < 1.29 is 14.3 Å². The minimum Gasteiger partial charge on any atom is -0.478 e. The number of aromatic nitrogens is 1. The first-order valence-electron chi connectivity index (χ1n) is 4.80. The zero-order valence-corrected chi connectivity index (χ0v) is 9.71. The van der Waals surface area contributed by atoms with Crippen molar-refractivity contribution in [3.05, 3.63) is 41.3 Å². The highest BCUT2D eigenvalue weighted by Gasteiger charge is 2.17. The van der Waals surface area contributed by atoms with Crippen molar-refractivity contribution >= 4 is 28.2 Å². The largest absolute Gasteiger partial charge is 0.478 e. The van der Waals surface area contributed by atoms with Crippen LogP contribution < -0.4 is 5.32 Å². The minimum atomic E-state index is -1.03. The van der Waals surface area contributed by atoms with E-state index in [0.717, 1.165) is 11.5 Å². The Morgan fingerprint density at radius 1 is 1.41 bits per heavy atom. The molecule has 0 saturated heterocycles. The van der Waals surface area contributed by atoms with E-state index < -0.39 is 5.97 Å². The SMILES string of the molecule is Cc1nsc(Nc2ccc(F)cc2)c1C(=O)O. The van der Waals surface area contributed by atoms with Crippen molar-refractivity contribution in [3.8, 4) is 0 Å². The molecule has 0 atom stereocenters. The van der Waals surface area contributed by atoms with Crippen LogP contribution >= 0.6 is 11.5 Å². The second-order valence-corrected chi connectivity index (χ2v) is 4.18. The second-order valence-electron chi connectivity index (χ2n) is 3.41. The number of nitrogens with one attached hydrogen (secondary N) is 1. The van der Waals surface area contributed by atoms with Gasteiger partial charge in [-0.15, -0.1) is 0 Å². The van der Waals surface area contributed by atoms with Crippen LogP contribution in [-0.4, -0.2) is 15.4 Å². The number of aromatic carboxylic acids is 1. The summed E-state index contributed by atoms with van der Waals surface area (Å²) in [5.74, 6) is -1.37. The summed E-state index contributed by atoms with van der Waals surface area (Å²) in [6.45, 7) is 1.63. The Hall–Kier alpha value is -1.95. The summed E-state index contributed by atoms with van der Waals surface area (Å²) in [4.78, 5) is 11.0. The summed E-state index contributed by atoms with van der Waals surface area (Å²) >= 11 is 1.07. The van der Waals surface area contributed by atoms with Gasteiger partial charge in [0.25, 0.3) is 0 Å². The highest BCUT2D eigenvalue weighted by molar-refractivity contribution is 7.10. The van der Waals surface area contributed by atoms with Crippen LogP contribution in [0.3, 0.4) is 0 Å². The lowest BCUT2D eigenvalue weighted by Gasteiger charge is -2.04. The Labute approximate surface area is 101 Å². The van der Waals surface area contributed by atoms with Gasteiger partial charge < -0.3 is 10.4 Å². The third-order valence-corrected chi connectivity index (χ3v) is 3.03. The molecule has 2 rings (SSSR count). The number of hydrogen-bond acceptors (Lipinski definition) is 4.